The fraction of sp³-hybridized carbons (Fsp3) is 0.857. The van der Waals surface area contributed by atoms with E-state index in [0.717, 1.165) is 12.0 Å². The van der Waals surface area contributed by atoms with Gasteiger partial charge in [0.15, 0.2) is 0 Å². The summed E-state index contributed by atoms with van der Waals surface area (Å²) in [5, 5.41) is 0. The van der Waals surface area contributed by atoms with Gasteiger partial charge < -0.3 is 9.47 Å². The molecule has 0 radical (unpaired) electrons. The fourth-order valence-corrected chi connectivity index (χ4v) is 2.96. The van der Waals surface area contributed by atoms with Gasteiger partial charge in [0.1, 0.15) is 11.1 Å². The number of amides is 1. The van der Waals surface area contributed by atoms with Crippen molar-refractivity contribution in [2.45, 2.75) is 57.1 Å². The van der Waals surface area contributed by atoms with Gasteiger partial charge in [-0.05, 0) is 38.0 Å². The molecule has 5 nitrogen and oxygen atoms in total. The van der Waals surface area contributed by atoms with Crippen LogP contribution in [0.5, 0.6) is 0 Å². The first-order valence-electron chi connectivity index (χ1n) is 7.00. The number of likely N-dealkylation sites (tertiary alicyclic amines) is 1. The Kier molecular flexibility index (Phi) is 6.02. The van der Waals surface area contributed by atoms with E-state index in [0.29, 0.717) is 10.8 Å². The second kappa shape index (κ2) is 6.84. The Hall–Kier alpha value is -0.670. The van der Waals surface area contributed by atoms with Crippen molar-refractivity contribution >= 4 is 34.7 Å². The Morgan fingerprint density at radius 2 is 1.91 bits per heavy atom. The molecule has 0 aromatic rings. The number of ether oxygens (including phenoxy) is 2. The number of esters is 1. The summed E-state index contributed by atoms with van der Waals surface area (Å²) in [7, 11) is 1.14. The summed E-state index contributed by atoms with van der Waals surface area (Å²) >= 11 is 2.10. The van der Waals surface area contributed by atoms with Crippen molar-refractivity contribution in [3.63, 3.8) is 0 Å². The lowest BCUT2D eigenvalue weighted by atomic mass is 9.90. The lowest BCUT2D eigenvalue weighted by Gasteiger charge is -2.36. The van der Waals surface area contributed by atoms with Crippen molar-refractivity contribution in [2.75, 3.05) is 18.1 Å². The van der Waals surface area contributed by atoms with E-state index in [1.807, 2.05) is 0 Å². The molecule has 1 unspecified atom stereocenters. The highest BCUT2D eigenvalue weighted by molar-refractivity contribution is 14.1. The largest absolute Gasteiger partial charge is 0.467 e. The van der Waals surface area contributed by atoms with Crippen molar-refractivity contribution in [1.29, 1.82) is 0 Å². The number of alkyl halides is 3. The van der Waals surface area contributed by atoms with E-state index >= 15 is 0 Å². The average Bonchev–Trinajstić information content (AvgIpc) is 2.66. The molecule has 0 aromatic carbocycles. The van der Waals surface area contributed by atoms with Gasteiger partial charge in [-0.3, -0.25) is 4.90 Å². The Morgan fingerprint density at radius 1 is 1.32 bits per heavy atom. The highest BCUT2D eigenvalue weighted by Gasteiger charge is 2.61. The van der Waals surface area contributed by atoms with Gasteiger partial charge in [-0.2, -0.15) is 0 Å². The standard InChI is InChI=1S/C14H22F2INO4/c1-12(2,3)22-11(20)18-9-14(15,16)8-13(18,6-5-7-17)10(19)21-4/h5-9H2,1-4H3. The predicted octanol–water partition coefficient (Wildman–Crippen LogP) is 3.39. The minimum atomic E-state index is -3.14. The van der Waals surface area contributed by atoms with E-state index in [1.165, 1.54) is 0 Å². The summed E-state index contributed by atoms with van der Waals surface area (Å²) in [6.45, 7) is 4.09. The fourth-order valence-electron chi connectivity index (χ4n) is 2.58. The minimum absolute atomic E-state index is 0.122. The van der Waals surface area contributed by atoms with Crippen molar-refractivity contribution in [3.05, 3.63) is 0 Å². The summed E-state index contributed by atoms with van der Waals surface area (Å²) in [5.74, 6) is -3.96. The topological polar surface area (TPSA) is 55.8 Å². The lowest BCUT2D eigenvalue weighted by Crippen LogP contribution is -2.54. The van der Waals surface area contributed by atoms with Crippen LogP contribution in [-0.4, -0.2) is 52.1 Å². The Balaban J connectivity index is 3.17. The van der Waals surface area contributed by atoms with Crippen LogP contribution in [0.2, 0.25) is 0 Å². The molecule has 0 aliphatic carbocycles. The number of methoxy groups -OCH3 is 1. The Bertz CT molecular complexity index is 439. The number of hydrogen-bond donors (Lipinski definition) is 0. The van der Waals surface area contributed by atoms with Crippen molar-refractivity contribution in [1.82, 2.24) is 4.90 Å². The van der Waals surface area contributed by atoms with Crippen molar-refractivity contribution in [2.24, 2.45) is 0 Å². The molecule has 0 aromatic heterocycles. The van der Waals surface area contributed by atoms with Crippen LogP contribution in [0.25, 0.3) is 0 Å². The molecule has 0 bridgehead atoms. The maximum Gasteiger partial charge on any atom is 0.411 e. The van der Waals surface area contributed by atoms with Crippen LogP contribution in [0, 0.1) is 0 Å². The zero-order chi connectivity index (χ0) is 17.2. The minimum Gasteiger partial charge on any atom is -0.467 e. The number of halogens is 3. The van der Waals surface area contributed by atoms with Gasteiger partial charge >= 0.3 is 12.1 Å². The lowest BCUT2D eigenvalue weighted by molar-refractivity contribution is -0.154. The zero-order valence-corrected chi connectivity index (χ0v) is 15.4. The molecule has 1 fully saturated rings. The SMILES string of the molecule is COC(=O)C1(CCCI)CC(F)(F)CN1C(=O)OC(C)(C)C. The van der Waals surface area contributed by atoms with Crippen LogP contribution in [0.4, 0.5) is 13.6 Å². The molecule has 1 rings (SSSR count). The van der Waals surface area contributed by atoms with E-state index in [2.05, 4.69) is 22.6 Å². The first kappa shape index (κ1) is 19.4. The van der Waals surface area contributed by atoms with E-state index in [-0.39, 0.29) is 6.42 Å². The molecule has 0 N–H and O–H groups in total. The smallest absolute Gasteiger partial charge is 0.411 e. The summed E-state index contributed by atoms with van der Waals surface area (Å²) < 4.78 is 38.5. The summed E-state index contributed by atoms with van der Waals surface area (Å²) in [4.78, 5) is 25.4. The monoisotopic (exact) mass is 433 g/mol. The number of carbonyl (C=O) groups is 2. The number of hydrogen-bond acceptors (Lipinski definition) is 4. The van der Waals surface area contributed by atoms with Gasteiger partial charge in [0.05, 0.1) is 13.7 Å². The molecule has 1 atom stereocenters. The zero-order valence-electron chi connectivity index (χ0n) is 13.2. The molecule has 128 valence electrons. The molecule has 1 aliphatic heterocycles. The first-order chi connectivity index (χ1) is 9.97. The third-order valence-corrected chi connectivity index (χ3v) is 4.12. The molecule has 22 heavy (non-hydrogen) atoms. The predicted molar refractivity (Wildman–Crippen MR) is 85.4 cm³/mol. The second-order valence-corrected chi connectivity index (χ2v) is 7.49. The molecule has 1 amide bonds. The Morgan fingerprint density at radius 3 is 2.36 bits per heavy atom. The Labute approximate surface area is 142 Å². The van der Waals surface area contributed by atoms with Gasteiger partial charge in [0.2, 0.25) is 0 Å². The van der Waals surface area contributed by atoms with Crippen LogP contribution in [0.3, 0.4) is 0 Å². The van der Waals surface area contributed by atoms with Gasteiger partial charge in [-0.25, -0.2) is 18.4 Å². The molecule has 1 saturated heterocycles. The van der Waals surface area contributed by atoms with Gasteiger partial charge in [0, 0.05) is 6.42 Å². The molecule has 1 aliphatic rings. The molecule has 0 spiro atoms. The van der Waals surface area contributed by atoms with Crippen LogP contribution in [-0.2, 0) is 14.3 Å². The van der Waals surface area contributed by atoms with Crippen LogP contribution >= 0.6 is 22.6 Å². The summed E-state index contributed by atoms with van der Waals surface area (Å²) in [5.41, 5.74) is -2.49. The van der Waals surface area contributed by atoms with Gasteiger partial charge in [-0.1, -0.05) is 22.6 Å². The van der Waals surface area contributed by atoms with Gasteiger partial charge in [0.25, 0.3) is 5.92 Å². The number of carbonyl (C=O) groups excluding carboxylic acids is 2. The molecular weight excluding hydrogens is 411 g/mol. The van der Waals surface area contributed by atoms with Crippen LogP contribution in [0.15, 0.2) is 0 Å². The van der Waals surface area contributed by atoms with E-state index in [1.54, 1.807) is 20.8 Å². The maximum atomic E-state index is 13.9. The summed E-state index contributed by atoms with van der Waals surface area (Å²) in [6, 6.07) is 0. The van der Waals surface area contributed by atoms with Crippen LogP contribution < -0.4 is 0 Å². The third kappa shape index (κ3) is 4.42. The van der Waals surface area contributed by atoms with Crippen molar-refractivity contribution in [3.8, 4) is 0 Å². The van der Waals surface area contributed by atoms with Gasteiger partial charge in [-0.15, -0.1) is 0 Å². The second-order valence-electron chi connectivity index (χ2n) is 6.41. The maximum absolute atomic E-state index is 13.9. The van der Waals surface area contributed by atoms with E-state index in [9.17, 15) is 18.4 Å². The molecular formula is C14H22F2INO4. The number of rotatable bonds is 4. The highest BCUT2D eigenvalue weighted by Crippen LogP contribution is 2.44. The van der Waals surface area contributed by atoms with E-state index in [4.69, 9.17) is 9.47 Å². The highest BCUT2D eigenvalue weighted by atomic mass is 127. The molecule has 8 heteroatoms. The molecule has 1 heterocycles. The normalized spacial score (nSPS) is 24.2. The van der Waals surface area contributed by atoms with E-state index < -0.39 is 42.1 Å². The number of nitrogens with zero attached hydrogens (tertiary/aromatic N) is 1. The quantitative estimate of drug-likeness (QED) is 0.388. The summed E-state index contributed by atoms with van der Waals surface area (Å²) in [6.07, 6.45) is -1.01. The third-order valence-electron chi connectivity index (χ3n) is 3.36. The van der Waals surface area contributed by atoms with Crippen LogP contribution in [0.1, 0.15) is 40.0 Å². The molecule has 0 saturated carbocycles. The first-order valence-corrected chi connectivity index (χ1v) is 8.53. The van der Waals surface area contributed by atoms with Crippen molar-refractivity contribution < 1.29 is 27.8 Å². The average molecular weight is 433 g/mol.